The molecule has 0 unspecified atom stereocenters. The van der Waals surface area contributed by atoms with Crippen LogP contribution in [0.25, 0.3) is 0 Å². The van der Waals surface area contributed by atoms with E-state index in [0.717, 1.165) is 22.7 Å². The normalized spacial score (nSPS) is 10.1. The van der Waals surface area contributed by atoms with Gasteiger partial charge in [-0.05, 0) is 30.3 Å². The molecule has 0 spiro atoms. The zero-order valence-corrected chi connectivity index (χ0v) is 15.2. The number of nitrogens with zero attached hydrogens (tertiary/aromatic N) is 2. The molecule has 0 aliphatic rings. The Morgan fingerprint density at radius 3 is 2.44 bits per heavy atom. The van der Waals surface area contributed by atoms with E-state index in [1.807, 2.05) is 54.6 Å². The van der Waals surface area contributed by atoms with Gasteiger partial charge in [-0.25, -0.2) is 9.97 Å². The Kier molecular flexibility index (Phi) is 5.84. The average molecular weight is 363 g/mol. The van der Waals surface area contributed by atoms with E-state index in [2.05, 4.69) is 25.9 Å². The molecular formula is C20H21N5O2. The average Bonchev–Trinajstić information content (AvgIpc) is 2.68. The number of carbonyl (C=O) groups excluding carboxylic acids is 1. The van der Waals surface area contributed by atoms with Crippen molar-refractivity contribution in [2.45, 2.75) is 13.5 Å². The summed E-state index contributed by atoms with van der Waals surface area (Å²) in [6.45, 7) is 2.07. The minimum Gasteiger partial charge on any atom is -0.496 e. The molecule has 0 radical (unpaired) electrons. The van der Waals surface area contributed by atoms with Crippen molar-refractivity contribution in [2.75, 3.05) is 23.1 Å². The van der Waals surface area contributed by atoms with Crippen LogP contribution in [0.3, 0.4) is 0 Å². The number of anilines is 4. The van der Waals surface area contributed by atoms with Crippen molar-refractivity contribution >= 4 is 28.9 Å². The summed E-state index contributed by atoms with van der Waals surface area (Å²) >= 11 is 0. The van der Waals surface area contributed by atoms with Gasteiger partial charge in [0.2, 0.25) is 5.91 Å². The fourth-order valence-electron chi connectivity index (χ4n) is 2.55. The molecule has 7 heteroatoms. The van der Waals surface area contributed by atoms with Crippen molar-refractivity contribution in [2.24, 2.45) is 0 Å². The number of hydrogen-bond acceptors (Lipinski definition) is 6. The van der Waals surface area contributed by atoms with Crippen LogP contribution in [0.15, 0.2) is 60.9 Å². The Morgan fingerprint density at radius 1 is 1.00 bits per heavy atom. The second-order valence-electron chi connectivity index (χ2n) is 5.84. The SMILES string of the molecule is COc1ccccc1CNc1cc(Nc2ccc(NC(C)=O)cc2)ncn1. The maximum Gasteiger partial charge on any atom is 0.221 e. The fraction of sp³-hybridized carbons (Fsp3) is 0.150. The Morgan fingerprint density at radius 2 is 1.70 bits per heavy atom. The molecule has 2 aromatic carbocycles. The highest BCUT2D eigenvalue weighted by Crippen LogP contribution is 2.21. The molecule has 3 N–H and O–H groups in total. The monoisotopic (exact) mass is 363 g/mol. The lowest BCUT2D eigenvalue weighted by molar-refractivity contribution is -0.114. The Labute approximate surface area is 157 Å². The number of hydrogen-bond donors (Lipinski definition) is 3. The highest BCUT2D eigenvalue weighted by atomic mass is 16.5. The summed E-state index contributed by atoms with van der Waals surface area (Å²) in [5.74, 6) is 2.10. The van der Waals surface area contributed by atoms with E-state index in [-0.39, 0.29) is 5.91 Å². The number of carbonyl (C=O) groups is 1. The third-order valence-corrected chi connectivity index (χ3v) is 3.80. The van der Waals surface area contributed by atoms with Crippen molar-refractivity contribution in [1.29, 1.82) is 0 Å². The van der Waals surface area contributed by atoms with E-state index in [0.29, 0.717) is 18.2 Å². The fourth-order valence-corrected chi connectivity index (χ4v) is 2.55. The van der Waals surface area contributed by atoms with Crippen LogP contribution in [0.5, 0.6) is 5.75 Å². The smallest absolute Gasteiger partial charge is 0.221 e. The molecule has 138 valence electrons. The molecule has 0 fully saturated rings. The van der Waals surface area contributed by atoms with Crippen LogP contribution in [-0.2, 0) is 11.3 Å². The number of rotatable bonds is 7. The summed E-state index contributed by atoms with van der Waals surface area (Å²) in [7, 11) is 1.66. The van der Waals surface area contributed by atoms with Gasteiger partial charge < -0.3 is 20.7 Å². The summed E-state index contributed by atoms with van der Waals surface area (Å²) in [5.41, 5.74) is 2.65. The van der Waals surface area contributed by atoms with E-state index in [1.165, 1.54) is 13.3 Å². The van der Waals surface area contributed by atoms with Crippen LogP contribution in [0.4, 0.5) is 23.0 Å². The molecule has 1 aromatic heterocycles. The maximum atomic E-state index is 11.1. The molecule has 0 bridgehead atoms. The molecular weight excluding hydrogens is 342 g/mol. The zero-order valence-electron chi connectivity index (χ0n) is 15.2. The molecule has 3 rings (SSSR count). The van der Waals surface area contributed by atoms with E-state index >= 15 is 0 Å². The van der Waals surface area contributed by atoms with Gasteiger partial charge in [-0.2, -0.15) is 0 Å². The molecule has 0 saturated heterocycles. The van der Waals surface area contributed by atoms with Crippen LogP contribution in [-0.4, -0.2) is 23.0 Å². The maximum absolute atomic E-state index is 11.1. The van der Waals surface area contributed by atoms with Gasteiger partial charge in [0.15, 0.2) is 0 Å². The van der Waals surface area contributed by atoms with Crippen LogP contribution in [0.1, 0.15) is 12.5 Å². The third-order valence-electron chi connectivity index (χ3n) is 3.80. The summed E-state index contributed by atoms with van der Waals surface area (Å²) in [6.07, 6.45) is 1.50. The minimum absolute atomic E-state index is 0.0997. The first kappa shape index (κ1) is 18.2. The first-order valence-electron chi connectivity index (χ1n) is 8.46. The molecule has 27 heavy (non-hydrogen) atoms. The van der Waals surface area contributed by atoms with Crippen molar-refractivity contribution in [3.05, 3.63) is 66.5 Å². The van der Waals surface area contributed by atoms with Gasteiger partial charge in [0.05, 0.1) is 7.11 Å². The minimum atomic E-state index is -0.0997. The summed E-state index contributed by atoms with van der Waals surface area (Å²) < 4.78 is 5.36. The zero-order chi connectivity index (χ0) is 19.1. The number of nitrogens with one attached hydrogen (secondary N) is 3. The van der Waals surface area contributed by atoms with Gasteiger partial charge in [-0.1, -0.05) is 18.2 Å². The van der Waals surface area contributed by atoms with E-state index in [1.54, 1.807) is 7.11 Å². The molecule has 1 amide bonds. The van der Waals surface area contributed by atoms with E-state index < -0.39 is 0 Å². The second-order valence-corrected chi connectivity index (χ2v) is 5.84. The standard InChI is InChI=1S/C20H21N5O2/c1-14(26)24-16-7-9-17(10-8-16)25-20-11-19(22-13-23-20)21-12-15-5-3-4-6-18(15)27-2/h3-11,13H,12H2,1-2H3,(H,24,26)(H2,21,22,23,25). The molecule has 7 nitrogen and oxygen atoms in total. The van der Waals surface area contributed by atoms with E-state index in [9.17, 15) is 4.79 Å². The number of amides is 1. The first-order chi connectivity index (χ1) is 13.1. The molecule has 0 aliphatic heterocycles. The summed E-state index contributed by atoms with van der Waals surface area (Å²) in [5, 5.41) is 9.23. The quantitative estimate of drug-likeness (QED) is 0.592. The molecule has 0 atom stereocenters. The van der Waals surface area contributed by atoms with Crippen molar-refractivity contribution in [1.82, 2.24) is 9.97 Å². The van der Waals surface area contributed by atoms with Gasteiger partial charge in [0.1, 0.15) is 23.7 Å². The Balaban J connectivity index is 1.64. The van der Waals surface area contributed by atoms with Crippen molar-refractivity contribution < 1.29 is 9.53 Å². The second kappa shape index (κ2) is 8.66. The number of aromatic nitrogens is 2. The highest BCUT2D eigenvalue weighted by Gasteiger charge is 2.04. The number of methoxy groups -OCH3 is 1. The van der Waals surface area contributed by atoms with Crippen molar-refractivity contribution in [3.8, 4) is 5.75 Å². The van der Waals surface area contributed by atoms with Gasteiger partial charge in [-0.3, -0.25) is 4.79 Å². The highest BCUT2D eigenvalue weighted by molar-refractivity contribution is 5.88. The van der Waals surface area contributed by atoms with Crippen LogP contribution >= 0.6 is 0 Å². The Bertz CT molecular complexity index is 912. The van der Waals surface area contributed by atoms with Gasteiger partial charge in [-0.15, -0.1) is 0 Å². The van der Waals surface area contributed by atoms with Crippen LogP contribution in [0.2, 0.25) is 0 Å². The van der Waals surface area contributed by atoms with Gasteiger partial charge >= 0.3 is 0 Å². The first-order valence-corrected chi connectivity index (χ1v) is 8.46. The topological polar surface area (TPSA) is 88.2 Å². The number of ether oxygens (including phenoxy) is 1. The van der Waals surface area contributed by atoms with Gasteiger partial charge in [0, 0.05) is 36.5 Å². The predicted octanol–water partition coefficient (Wildman–Crippen LogP) is 3.80. The van der Waals surface area contributed by atoms with Crippen molar-refractivity contribution in [3.63, 3.8) is 0 Å². The molecule has 0 saturated carbocycles. The number of para-hydroxylation sites is 1. The van der Waals surface area contributed by atoms with Crippen LogP contribution < -0.4 is 20.7 Å². The summed E-state index contributed by atoms with van der Waals surface area (Å²) in [4.78, 5) is 19.6. The lowest BCUT2D eigenvalue weighted by Gasteiger charge is -2.11. The molecule has 3 aromatic rings. The summed E-state index contributed by atoms with van der Waals surface area (Å²) in [6, 6.07) is 17.1. The largest absolute Gasteiger partial charge is 0.496 e. The lowest BCUT2D eigenvalue weighted by Crippen LogP contribution is -2.05. The lowest BCUT2D eigenvalue weighted by atomic mass is 10.2. The molecule has 1 heterocycles. The van der Waals surface area contributed by atoms with Gasteiger partial charge in [0.25, 0.3) is 0 Å². The number of benzene rings is 2. The Hall–Kier alpha value is -3.61. The molecule has 0 aliphatic carbocycles. The predicted molar refractivity (Wildman–Crippen MR) is 106 cm³/mol. The van der Waals surface area contributed by atoms with E-state index in [4.69, 9.17) is 4.74 Å². The third kappa shape index (κ3) is 5.18. The van der Waals surface area contributed by atoms with Crippen LogP contribution in [0, 0.1) is 0 Å².